The quantitative estimate of drug-likeness (QED) is 0.517. The van der Waals surface area contributed by atoms with Gasteiger partial charge in [-0.15, -0.1) is 11.6 Å². The van der Waals surface area contributed by atoms with E-state index in [1.807, 2.05) is 0 Å². The van der Waals surface area contributed by atoms with Gasteiger partial charge in [-0.3, -0.25) is 0 Å². The standard InChI is InChI=1S/C15H20BrClO/c1-11-8-13(16)9-12(10-17)15(11)18-14-6-4-2-3-5-7-14/h8-9,14H,2-7,10H2,1H3. The van der Waals surface area contributed by atoms with E-state index in [0.29, 0.717) is 12.0 Å². The highest BCUT2D eigenvalue weighted by Gasteiger charge is 2.17. The Labute approximate surface area is 123 Å². The Morgan fingerprint density at radius 1 is 1.22 bits per heavy atom. The van der Waals surface area contributed by atoms with Crippen molar-refractivity contribution in [2.24, 2.45) is 0 Å². The van der Waals surface area contributed by atoms with Crippen molar-refractivity contribution in [1.82, 2.24) is 0 Å². The normalized spacial score (nSPS) is 17.5. The third-order valence-electron chi connectivity index (χ3n) is 3.55. The topological polar surface area (TPSA) is 9.23 Å². The maximum atomic E-state index is 6.24. The molecule has 0 unspecified atom stereocenters. The summed E-state index contributed by atoms with van der Waals surface area (Å²) in [5, 5.41) is 0. The second-order valence-electron chi connectivity index (χ2n) is 5.08. The second kappa shape index (κ2) is 6.81. The first-order valence-corrected chi connectivity index (χ1v) is 8.05. The third-order valence-corrected chi connectivity index (χ3v) is 4.29. The minimum absolute atomic E-state index is 0.370. The first-order chi connectivity index (χ1) is 8.70. The van der Waals surface area contributed by atoms with Crippen LogP contribution in [0.2, 0.25) is 0 Å². The van der Waals surface area contributed by atoms with Gasteiger partial charge in [0.1, 0.15) is 5.75 Å². The highest BCUT2D eigenvalue weighted by atomic mass is 79.9. The molecule has 0 spiro atoms. The van der Waals surface area contributed by atoms with Crippen LogP contribution in [0.4, 0.5) is 0 Å². The van der Waals surface area contributed by atoms with Crippen LogP contribution in [-0.4, -0.2) is 6.10 Å². The lowest BCUT2D eigenvalue weighted by molar-refractivity contribution is 0.181. The zero-order valence-electron chi connectivity index (χ0n) is 10.8. The van der Waals surface area contributed by atoms with Crippen LogP contribution in [-0.2, 0) is 5.88 Å². The average molecular weight is 332 g/mol. The SMILES string of the molecule is Cc1cc(Br)cc(CCl)c1OC1CCCCCC1. The second-order valence-corrected chi connectivity index (χ2v) is 6.26. The number of halogens is 2. The zero-order valence-corrected chi connectivity index (χ0v) is 13.2. The van der Waals surface area contributed by atoms with Crippen molar-refractivity contribution in [1.29, 1.82) is 0 Å². The summed E-state index contributed by atoms with van der Waals surface area (Å²) >= 11 is 9.54. The van der Waals surface area contributed by atoms with Gasteiger partial charge < -0.3 is 4.74 Å². The van der Waals surface area contributed by atoms with E-state index in [0.717, 1.165) is 15.8 Å². The summed E-state index contributed by atoms with van der Waals surface area (Å²) in [7, 11) is 0. The first-order valence-electron chi connectivity index (χ1n) is 6.72. The van der Waals surface area contributed by atoms with Gasteiger partial charge in [0, 0.05) is 10.0 Å². The molecule has 2 rings (SSSR count). The van der Waals surface area contributed by atoms with E-state index in [1.165, 1.54) is 44.1 Å². The van der Waals surface area contributed by atoms with Crippen LogP contribution in [0.1, 0.15) is 49.7 Å². The Morgan fingerprint density at radius 3 is 2.50 bits per heavy atom. The van der Waals surface area contributed by atoms with Crippen LogP contribution >= 0.6 is 27.5 Å². The molecule has 1 nitrogen and oxygen atoms in total. The largest absolute Gasteiger partial charge is 0.490 e. The lowest BCUT2D eigenvalue weighted by Gasteiger charge is -2.21. The van der Waals surface area contributed by atoms with Crippen LogP contribution in [0.3, 0.4) is 0 Å². The molecule has 1 aromatic carbocycles. The Balaban J connectivity index is 2.16. The molecule has 1 aliphatic carbocycles. The molecule has 0 radical (unpaired) electrons. The number of aryl methyl sites for hydroxylation is 1. The number of hydrogen-bond acceptors (Lipinski definition) is 1. The molecule has 1 aromatic rings. The van der Waals surface area contributed by atoms with Crippen molar-refractivity contribution in [3.05, 3.63) is 27.7 Å². The Bertz CT molecular complexity index is 398. The summed E-state index contributed by atoms with van der Waals surface area (Å²) in [5.74, 6) is 1.50. The van der Waals surface area contributed by atoms with Crippen molar-refractivity contribution in [2.75, 3.05) is 0 Å². The van der Waals surface area contributed by atoms with E-state index in [4.69, 9.17) is 16.3 Å². The van der Waals surface area contributed by atoms with E-state index in [2.05, 4.69) is 35.0 Å². The molecular formula is C15H20BrClO. The average Bonchev–Trinajstić information content (AvgIpc) is 2.60. The molecule has 1 saturated carbocycles. The Kier molecular flexibility index (Phi) is 5.38. The van der Waals surface area contributed by atoms with Crippen molar-refractivity contribution in [3.63, 3.8) is 0 Å². The fraction of sp³-hybridized carbons (Fsp3) is 0.600. The summed E-state index contributed by atoms with van der Waals surface area (Å²) in [6.07, 6.45) is 8.00. The molecule has 0 bridgehead atoms. The van der Waals surface area contributed by atoms with Gasteiger partial charge in [-0.2, -0.15) is 0 Å². The third kappa shape index (κ3) is 3.64. The van der Waals surface area contributed by atoms with E-state index < -0.39 is 0 Å². The van der Waals surface area contributed by atoms with Gasteiger partial charge in [-0.25, -0.2) is 0 Å². The monoisotopic (exact) mass is 330 g/mol. The first kappa shape index (κ1) is 14.2. The number of alkyl halides is 1. The minimum atomic E-state index is 0.370. The van der Waals surface area contributed by atoms with Crippen molar-refractivity contribution < 1.29 is 4.74 Å². The van der Waals surface area contributed by atoms with Gasteiger partial charge >= 0.3 is 0 Å². The predicted molar refractivity (Wildman–Crippen MR) is 80.6 cm³/mol. The molecular weight excluding hydrogens is 312 g/mol. The Hall–Kier alpha value is -0.210. The van der Waals surface area contributed by atoms with Crippen molar-refractivity contribution >= 4 is 27.5 Å². The fourth-order valence-corrected chi connectivity index (χ4v) is 3.41. The molecule has 0 amide bonds. The van der Waals surface area contributed by atoms with Crippen LogP contribution < -0.4 is 4.74 Å². The van der Waals surface area contributed by atoms with E-state index in [1.54, 1.807) is 0 Å². The van der Waals surface area contributed by atoms with Crippen LogP contribution in [0, 0.1) is 6.92 Å². The van der Waals surface area contributed by atoms with E-state index in [9.17, 15) is 0 Å². The molecule has 1 fully saturated rings. The maximum absolute atomic E-state index is 6.24. The number of hydrogen-bond donors (Lipinski definition) is 0. The summed E-state index contributed by atoms with van der Waals surface area (Å²) in [6.45, 7) is 2.09. The van der Waals surface area contributed by atoms with E-state index in [-0.39, 0.29) is 0 Å². The van der Waals surface area contributed by atoms with Crippen LogP contribution in [0.15, 0.2) is 16.6 Å². The lowest BCUT2D eigenvalue weighted by Crippen LogP contribution is -2.16. The molecule has 0 N–H and O–H groups in total. The summed E-state index contributed by atoms with van der Waals surface area (Å²) < 4.78 is 7.31. The molecule has 0 heterocycles. The fourth-order valence-electron chi connectivity index (χ4n) is 2.59. The van der Waals surface area contributed by atoms with E-state index >= 15 is 0 Å². The minimum Gasteiger partial charge on any atom is -0.490 e. The maximum Gasteiger partial charge on any atom is 0.127 e. The van der Waals surface area contributed by atoms with Crippen molar-refractivity contribution in [2.45, 2.75) is 57.4 Å². The Morgan fingerprint density at radius 2 is 1.89 bits per heavy atom. The summed E-state index contributed by atoms with van der Waals surface area (Å²) in [6, 6.07) is 4.16. The molecule has 1 aliphatic rings. The van der Waals surface area contributed by atoms with Crippen molar-refractivity contribution in [3.8, 4) is 5.75 Å². The molecule has 3 heteroatoms. The van der Waals surface area contributed by atoms with Gasteiger partial charge in [-0.1, -0.05) is 28.8 Å². The molecule has 0 saturated heterocycles. The molecule has 0 aliphatic heterocycles. The predicted octanol–water partition coefficient (Wildman–Crippen LogP) is 5.60. The lowest BCUT2D eigenvalue weighted by atomic mass is 10.1. The van der Waals surface area contributed by atoms with Gasteiger partial charge in [0.2, 0.25) is 0 Å². The van der Waals surface area contributed by atoms with Crippen LogP contribution in [0.25, 0.3) is 0 Å². The number of benzene rings is 1. The molecule has 18 heavy (non-hydrogen) atoms. The number of rotatable bonds is 3. The van der Waals surface area contributed by atoms with Crippen LogP contribution in [0.5, 0.6) is 5.75 Å². The summed E-state index contributed by atoms with van der Waals surface area (Å²) in [5.41, 5.74) is 2.26. The zero-order chi connectivity index (χ0) is 13.0. The smallest absolute Gasteiger partial charge is 0.127 e. The number of ether oxygens (including phenoxy) is 1. The highest BCUT2D eigenvalue weighted by Crippen LogP contribution is 2.32. The highest BCUT2D eigenvalue weighted by molar-refractivity contribution is 9.10. The van der Waals surface area contributed by atoms with Gasteiger partial charge in [-0.05, 0) is 50.3 Å². The van der Waals surface area contributed by atoms with Gasteiger partial charge in [0.05, 0.1) is 12.0 Å². The molecule has 0 atom stereocenters. The summed E-state index contributed by atoms with van der Waals surface area (Å²) in [4.78, 5) is 0. The molecule has 100 valence electrons. The van der Waals surface area contributed by atoms with Gasteiger partial charge in [0.15, 0.2) is 0 Å². The molecule has 0 aromatic heterocycles. The van der Waals surface area contributed by atoms with Gasteiger partial charge in [0.25, 0.3) is 0 Å².